The van der Waals surface area contributed by atoms with E-state index in [0.29, 0.717) is 19.4 Å². The number of fused-ring (bicyclic) bond motifs is 3. The minimum Gasteiger partial charge on any atom is -0.465 e. The molecular formula is C25H21BrN4O4. The summed E-state index contributed by atoms with van der Waals surface area (Å²) in [7, 11) is 0. The molecule has 1 aliphatic carbocycles. The van der Waals surface area contributed by atoms with Gasteiger partial charge in [0.15, 0.2) is 0 Å². The van der Waals surface area contributed by atoms with Gasteiger partial charge in [0.25, 0.3) is 0 Å². The van der Waals surface area contributed by atoms with Gasteiger partial charge in [-0.05, 0) is 45.8 Å². The van der Waals surface area contributed by atoms with Gasteiger partial charge >= 0.3 is 6.09 Å². The summed E-state index contributed by atoms with van der Waals surface area (Å²) in [5.41, 5.74) is 0.639. The molecule has 0 unspecified atom stereocenters. The van der Waals surface area contributed by atoms with Crippen LogP contribution in [0.1, 0.15) is 24.1 Å². The lowest BCUT2D eigenvalue weighted by atomic mass is 9.74. The quantitative estimate of drug-likeness (QED) is 0.548. The molecule has 9 heteroatoms. The van der Waals surface area contributed by atoms with E-state index in [2.05, 4.69) is 26.2 Å². The molecule has 1 saturated heterocycles. The first kappa shape index (κ1) is 21.1. The highest BCUT2D eigenvalue weighted by molar-refractivity contribution is 9.10. The van der Waals surface area contributed by atoms with Crippen LogP contribution in [0, 0.1) is 0 Å². The van der Waals surface area contributed by atoms with E-state index in [9.17, 15) is 14.4 Å². The number of halogens is 1. The summed E-state index contributed by atoms with van der Waals surface area (Å²) >= 11 is 3.68. The second-order valence-corrected chi connectivity index (χ2v) is 10.1. The number of carbonyl (C=O) groups is 3. The van der Waals surface area contributed by atoms with E-state index in [4.69, 9.17) is 5.11 Å². The van der Waals surface area contributed by atoms with E-state index in [1.54, 1.807) is 9.80 Å². The molecule has 34 heavy (non-hydrogen) atoms. The van der Waals surface area contributed by atoms with E-state index < -0.39 is 17.0 Å². The Morgan fingerprint density at radius 3 is 2.53 bits per heavy atom. The van der Waals surface area contributed by atoms with Crippen molar-refractivity contribution >= 4 is 50.3 Å². The molecule has 2 aromatic carbocycles. The number of hydrogen-bond acceptors (Lipinski definition) is 4. The summed E-state index contributed by atoms with van der Waals surface area (Å²) in [4.78, 5) is 45.9. The molecule has 3 aliphatic rings. The Hall–Kier alpha value is -3.46. The number of carboxylic acid groups (broad SMARTS) is 1. The smallest absolute Gasteiger partial charge is 0.405 e. The number of rotatable bonds is 4. The number of anilines is 1. The van der Waals surface area contributed by atoms with E-state index >= 15 is 0 Å². The van der Waals surface area contributed by atoms with Crippen molar-refractivity contribution in [2.24, 2.45) is 0 Å². The molecule has 1 saturated carbocycles. The molecule has 8 nitrogen and oxygen atoms in total. The number of hydrogen-bond donors (Lipinski definition) is 2. The number of aromatic nitrogens is 1. The van der Waals surface area contributed by atoms with Gasteiger partial charge in [0.2, 0.25) is 11.8 Å². The zero-order valence-corrected chi connectivity index (χ0v) is 19.7. The first-order valence-electron chi connectivity index (χ1n) is 11.1. The van der Waals surface area contributed by atoms with Crippen molar-refractivity contribution in [1.29, 1.82) is 0 Å². The second kappa shape index (κ2) is 7.27. The fraction of sp³-hybridized carbons (Fsp3) is 0.280. The normalized spacial score (nSPS) is 19.1. The largest absolute Gasteiger partial charge is 0.465 e. The van der Waals surface area contributed by atoms with Gasteiger partial charge in [0.1, 0.15) is 11.0 Å². The minimum atomic E-state index is -1.21. The number of nitrogens with zero attached hydrogens (tertiary/aromatic N) is 3. The number of amides is 3. The Bertz CT molecular complexity index is 1380. The molecule has 172 valence electrons. The number of carbonyl (C=O) groups excluding carboxylic acids is 2. The zero-order chi connectivity index (χ0) is 23.7. The predicted octanol–water partition coefficient (Wildman–Crippen LogP) is 3.42. The highest BCUT2D eigenvalue weighted by atomic mass is 79.9. The average molecular weight is 521 g/mol. The monoisotopic (exact) mass is 520 g/mol. The van der Waals surface area contributed by atoms with Crippen LogP contribution in [0.5, 0.6) is 0 Å². The number of pyridine rings is 1. The Morgan fingerprint density at radius 2 is 1.79 bits per heavy atom. The zero-order valence-electron chi connectivity index (χ0n) is 18.1. The molecule has 2 aliphatic heterocycles. The number of benzene rings is 2. The summed E-state index contributed by atoms with van der Waals surface area (Å²) in [6, 6.07) is 15.6. The van der Waals surface area contributed by atoms with Crippen LogP contribution in [0.2, 0.25) is 0 Å². The Balaban J connectivity index is 1.29. The van der Waals surface area contributed by atoms with Crippen LogP contribution in [-0.2, 0) is 21.5 Å². The van der Waals surface area contributed by atoms with Gasteiger partial charge in [0, 0.05) is 34.8 Å². The molecule has 6 rings (SSSR count). The van der Waals surface area contributed by atoms with Gasteiger partial charge in [-0.25, -0.2) is 4.79 Å². The van der Waals surface area contributed by atoms with Gasteiger partial charge in [-0.2, -0.15) is 0 Å². The first-order valence-corrected chi connectivity index (χ1v) is 11.9. The van der Waals surface area contributed by atoms with Crippen molar-refractivity contribution < 1.29 is 19.5 Å². The van der Waals surface area contributed by atoms with E-state index in [1.165, 1.54) is 0 Å². The standard InChI is InChI=1S/C25H21BrN4O4/c26-20-16-6-2-1-5-15(16)11-27-18(20)12-30-19-8-4-3-7-17(19)24(21(30)31)13-29(14-24)22(32)25(9-10-25)28-23(33)34/h1-8,11,28H,9-10,12-14H2,(H,33,34). The van der Waals surface area contributed by atoms with Gasteiger partial charge in [-0.1, -0.05) is 42.5 Å². The number of nitrogens with one attached hydrogen (secondary N) is 1. The minimum absolute atomic E-state index is 0.0596. The highest BCUT2D eigenvalue weighted by Crippen LogP contribution is 2.50. The molecule has 1 aromatic heterocycles. The Kier molecular flexibility index (Phi) is 4.51. The third-order valence-electron chi connectivity index (χ3n) is 7.20. The Labute approximate surface area is 203 Å². The van der Waals surface area contributed by atoms with Crippen LogP contribution in [0.15, 0.2) is 59.2 Å². The van der Waals surface area contributed by atoms with Crippen LogP contribution in [-0.4, -0.2) is 51.5 Å². The van der Waals surface area contributed by atoms with Crippen molar-refractivity contribution in [2.45, 2.75) is 30.3 Å². The van der Waals surface area contributed by atoms with Crippen LogP contribution >= 0.6 is 15.9 Å². The Morgan fingerprint density at radius 1 is 1.09 bits per heavy atom. The lowest BCUT2D eigenvalue weighted by Gasteiger charge is -2.48. The van der Waals surface area contributed by atoms with Crippen molar-refractivity contribution in [2.75, 3.05) is 18.0 Å². The van der Waals surface area contributed by atoms with Crippen LogP contribution < -0.4 is 10.2 Å². The maximum atomic E-state index is 13.8. The highest BCUT2D eigenvalue weighted by Gasteiger charge is 2.63. The molecule has 0 bridgehead atoms. The maximum Gasteiger partial charge on any atom is 0.405 e. The van der Waals surface area contributed by atoms with Gasteiger partial charge < -0.3 is 20.2 Å². The third-order valence-corrected chi connectivity index (χ3v) is 8.08. The molecule has 0 radical (unpaired) electrons. The summed E-state index contributed by atoms with van der Waals surface area (Å²) in [5.74, 6) is -0.307. The third kappa shape index (κ3) is 2.96. The molecular weight excluding hydrogens is 500 g/mol. The lowest BCUT2D eigenvalue weighted by Crippen LogP contribution is -2.68. The van der Waals surface area contributed by atoms with Crippen LogP contribution in [0.4, 0.5) is 10.5 Å². The topological polar surface area (TPSA) is 103 Å². The summed E-state index contributed by atoms with van der Waals surface area (Å²) < 4.78 is 0.859. The average Bonchev–Trinajstić information content (AvgIpc) is 3.53. The summed E-state index contributed by atoms with van der Waals surface area (Å²) in [6.07, 6.45) is 1.58. The lowest BCUT2D eigenvalue weighted by molar-refractivity contribution is -0.146. The SMILES string of the molecule is O=C(O)NC1(C(=O)N2CC3(C2)C(=O)N(Cc2ncc4ccccc4c2Br)c2ccccc23)CC1. The van der Waals surface area contributed by atoms with Crippen molar-refractivity contribution in [1.82, 2.24) is 15.2 Å². The fourth-order valence-electron chi connectivity index (χ4n) is 5.26. The second-order valence-electron chi connectivity index (χ2n) is 9.27. The van der Waals surface area contributed by atoms with Gasteiger partial charge in [0.05, 0.1) is 12.2 Å². The van der Waals surface area contributed by atoms with Crippen molar-refractivity contribution in [3.8, 4) is 0 Å². The van der Waals surface area contributed by atoms with Crippen molar-refractivity contribution in [3.63, 3.8) is 0 Å². The van der Waals surface area contributed by atoms with Crippen LogP contribution in [0.25, 0.3) is 10.8 Å². The maximum absolute atomic E-state index is 13.8. The molecule has 1 spiro atoms. The summed E-state index contributed by atoms with van der Waals surface area (Å²) in [5, 5.41) is 13.5. The molecule has 0 atom stereocenters. The van der Waals surface area contributed by atoms with E-state index in [0.717, 1.165) is 32.2 Å². The van der Waals surface area contributed by atoms with Crippen LogP contribution in [0.3, 0.4) is 0 Å². The van der Waals surface area contributed by atoms with E-state index in [1.807, 2.05) is 54.7 Å². The molecule has 2 N–H and O–H groups in total. The fourth-order valence-corrected chi connectivity index (χ4v) is 5.85. The molecule has 3 amide bonds. The molecule has 3 aromatic rings. The van der Waals surface area contributed by atoms with E-state index in [-0.39, 0.29) is 24.9 Å². The van der Waals surface area contributed by atoms with Gasteiger partial charge in [-0.15, -0.1) is 0 Å². The number of para-hydroxylation sites is 1. The number of likely N-dealkylation sites (tertiary alicyclic amines) is 1. The molecule has 3 heterocycles. The summed E-state index contributed by atoms with van der Waals surface area (Å²) in [6.45, 7) is 0.794. The van der Waals surface area contributed by atoms with Crippen molar-refractivity contribution in [3.05, 3.63) is 70.5 Å². The molecule has 2 fully saturated rings. The van der Waals surface area contributed by atoms with Gasteiger partial charge in [-0.3, -0.25) is 14.6 Å². The first-order chi connectivity index (χ1) is 16.3. The predicted molar refractivity (Wildman–Crippen MR) is 128 cm³/mol.